The Kier molecular flexibility index (Phi) is 4.22. The maximum atomic E-state index is 6.22. The maximum absolute atomic E-state index is 6.22. The first-order valence-corrected chi connectivity index (χ1v) is 8.61. The highest BCUT2D eigenvalue weighted by Gasteiger charge is 2.20. The zero-order chi connectivity index (χ0) is 15.0. The summed E-state index contributed by atoms with van der Waals surface area (Å²) in [5.74, 6) is 0. The summed E-state index contributed by atoms with van der Waals surface area (Å²) in [6, 6.07) is 0.209. The van der Waals surface area contributed by atoms with Gasteiger partial charge in [-0.05, 0) is 59.7 Å². The summed E-state index contributed by atoms with van der Waals surface area (Å²) < 4.78 is 5.52. The SMILES string of the molecule is CCc1nn(CC)c(Cn2cc3c(c2)C(N)CCC3)c1Br. The monoisotopic (exact) mass is 350 g/mol. The number of aromatic nitrogens is 3. The zero-order valence-corrected chi connectivity index (χ0v) is 14.4. The highest BCUT2D eigenvalue weighted by Crippen LogP contribution is 2.30. The Labute approximate surface area is 134 Å². The lowest BCUT2D eigenvalue weighted by atomic mass is 9.92. The first-order valence-electron chi connectivity index (χ1n) is 7.82. The third-order valence-corrected chi connectivity index (χ3v) is 5.30. The van der Waals surface area contributed by atoms with E-state index >= 15 is 0 Å². The summed E-state index contributed by atoms with van der Waals surface area (Å²) >= 11 is 3.72. The van der Waals surface area contributed by atoms with Gasteiger partial charge in [-0.15, -0.1) is 0 Å². The van der Waals surface area contributed by atoms with Crippen LogP contribution in [0.1, 0.15) is 55.2 Å². The molecule has 2 N–H and O–H groups in total. The number of hydrogen-bond acceptors (Lipinski definition) is 2. The third-order valence-electron chi connectivity index (χ3n) is 4.38. The number of hydrogen-bond donors (Lipinski definition) is 1. The molecule has 4 nitrogen and oxygen atoms in total. The Balaban J connectivity index is 1.92. The van der Waals surface area contributed by atoms with E-state index in [1.807, 2.05) is 0 Å². The number of aryl methyl sites for hydroxylation is 3. The van der Waals surface area contributed by atoms with Crippen LogP contribution in [0.2, 0.25) is 0 Å². The summed E-state index contributed by atoms with van der Waals surface area (Å²) in [5, 5.41) is 4.67. The van der Waals surface area contributed by atoms with Gasteiger partial charge in [-0.25, -0.2) is 0 Å². The van der Waals surface area contributed by atoms with Crippen LogP contribution in [0.15, 0.2) is 16.9 Å². The Morgan fingerprint density at radius 1 is 1.38 bits per heavy atom. The fourth-order valence-electron chi connectivity index (χ4n) is 3.22. The van der Waals surface area contributed by atoms with Crippen LogP contribution in [-0.2, 0) is 25.9 Å². The fraction of sp³-hybridized carbons (Fsp3) is 0.562. The summed E-state index contributed by atoms with van der Waals surface area (Å²) in [4.78, 5) is 0. The van der Waals surface area contributed by atoms with E-state index in [0.717, 1.165) is 42.5 Å². The molecule has 2 aromatic heterocycles. The van der Waals surface area contributed by atoms with Gasteiger partial charge in [-0.2, -0.15) is 5.10 Å². The molecule has 0 saturated heterocycles. The molecule has 3 rings (SSSR count). The summed E-state index contributed by atoms with van der Waals surface area (Å²) in [6.45, 7) is 6.03. The molecule has 114 valence electrons. The lowest BCUT2D eigenvalue weighted by molar-refractivity contribution is 0.573. The van der Waals surface area contributed by atoms with Crippen molar-refractivity contribution in [1.29, 1.82) is 0 Å². The average Bonchev–Trinajstić information content (AvgIpc) is 3.02. The van der Waals surface area contributed by atoms with Gasteiger partial charge in [-0.1, -0.05) is 6.92 Å². The van der Waals surface area contributed by atoms with Gasteiger partial charge in [0.25, 0.3) is 0 Å². The smallest absolute Gasteiger partial charge is 0.0767 e. The van der Waals surface area contributed by atoms with Gasteiger partial charge in [0, 0.05) is 25.0 Å². The highest BCUT2D eigenvalue weighted by atomic mass is 79.9. The summed E-state index contributed by atoms with van der Waals surface area (Å²) in [7, 11) is 0. The molecular weight excluding hydrogens is 328 g/mol. The van der Waals surface area contributed by atoms with Gasteiger partial charge in [0.05, 0.1) is 22.4 Å². The van der Waals surface area contributed by atoms with Crippen molar-refractivity contribution in [2.45, 2.75) is 58.7 Å². The molecule has 0 aliphatic heterocycles. The minimum atomic E-state index is 0.209. The zero-order valence-electron chi connectivity index (χ0n) is 12.8. The van der Waals surface area contributed by atoms with Crippen LogP contribution in [0.25, 0.3) is 0 Å². The average molecular weight is 351 g/mol. The van der Waals surface area contributed by atoms with Gasteiger partial charge in [-0.3, -0.25) is 4.68 Å². The van der Waals surface area contributed by atoms with Gasteiger partial charge < -0.3 is 10.3 Å². The lowest BCUT2D eigenvalue weighted by Crippen LogP contribution is -2.15. The first kappa shape index (κ1) is 14.9. The molecule has 2 aromatic rings. The molecule has 0 amide bonds. The van der Waals surface area contributed by atoms with E-state index in [4.69, 9.17) is 5.73 Å². The van der Waals surface area contributed by atoms with E-state index in [2.05, 4.69) is 56.5 Å². The van der Waals surface area contributed by atoms with E-state index in [9.17, 15) is 0 Å². The van der Waals surface area contributed by atoms with Crippen molar-refractivity contribution >= 4 is 15.9 Å². The van der Waals surface area contributed by atoms with Crippen LogP contribution in [-0.4, -0.2) is 14.3 Å². The van der Waals surface area contributed by atoms with Gasteiger partial charge in [0.1, 0.15) is 0 Å². The molecule has 1 aliphatic rings. The van der Waals surface area contributed by atoms with Crippen molar-refractivity contribution < 1.29 is 0 Å². The van der Waals surface area contributed by atoms with Crippen LogP contribution in [0.5, 0.6) is 0 Å². The van der Waals surface area contributed by atoms with Crippen molar-refractivity contribution in [1.82, 2.24) is 14.3 Å². The second-order valence-corrected chi connectivity index (χ2v) is 6.58. The standard InChI is InChI=1S/C16H23BrN4/c1-3-14-16(17)15(21(4-2)19-14)10-20-8-11-6-5-7-13(18)12(11)9-20/h8-9,13H,3-7,10,18H2,1-2H3. The minimum absolute atomic E-state index is 0.209. The first-order chi connectivity index (χ1) is 10.1. The van der Waals surface area contributed by atoms with Crippen LogP contribution < -0.4 is 5.73 Å². The summed E-state index contributed by atoms with van der Waals surface area (Å²) in [6.07, 6.45) is 8.91. The topological polar surface area (TPSA) is 48.8 Å². The molecule has 0 radical (unpaired) electrons. The Bertz CT molecular complexity index is 641. The van der Waals surface area contributed by atoms with E-state index in [0.29, 0.717) is 0 Å². The molecule has 1 atom stereocenters. The molecule has 21 heavy (non-hydrogen) atoms. The fourth-order valence-corrected chi connectivity index (χ4v) is 3.91. The summed E-state index contributed by atoms with van der Waals surface area (Å²) in [5.41, 5.74) is 11.4. The van der Waals surface area contributed by atoms with Gasteiger partial charge in [0.2, 0.25) is 0 Å². The van der Waals surface area contributed by atoms with E-state index in [-0.39, 0.29) is 6.04 Å². The molecule has 2 heterocycles. The molecule has 0 spiro atoms. The van der Waals surface area contributed by atoms with Crippen molar-refractivity contribution in [2.75, 3.05) is 0 Å². The van der Waals surface area contributed by atoms with E-state index in [1.54, 1.807) is 0 Å². The molecule has 0 fully saturated rings. The van der Waals surface area contributed by atoms with Gasteiger partial charge >= 0.3 is 0 Å². The molecule has 0 aromatic carbocycles. The molecule has 1 aliphatic carbocycles. The molecule has 0 bridgehead atoms. The molecular formula is C16H23BrN4. The van der Waals surface area contributed by atoms with Crippen LogP contribution in [0.4, 0.5) is 0 Å². The Morgan fingerprint density at radius 3 is 2.86 bits per heavy atom. The van der Waals surface area contributed by atoms with Crippen molar-refractivity contribution in [3.05, 3.63) is 39.4 Å². The number of nitrogens with zero attached hydrogens (tertiary/aromatic N) is 3. The van der Waals surface area contributed by atoms with Crippen LogP contribution >= 0.6 is 15.9 Å². The minimum Gasteiger partial charge on any atom is -0.348 e. The normalized spacial score (nSPS) is 18.0. The largest absolute Gasteiger partial charge is 0.348 e. The highest BCUT2D eigenvalue weighted by molar-refractivity contribution is 9.10. The number of fused-ring (bicyclic) bond motifs is 1. The van der Waals surface area contributed by atoms with Gasteiger partial charge in [0.15, 0.2) is 0 Å². The van der Waals surface area contributed by atoms with Crippen molar-refractivity contribution in [2.24, 2.45) is 5.73 Å². The van der Waals surface area contributed by atoms with Crippen molar-refractivity contribution in [3.63, 3.8) is 0 Å². The number of halogens is 1. The third kappa shape index (κ3) is 2.69. The lowest BCUT2D eigenvalue weighted by Gasteiger charge is -2.17. The van der Waals surface area contributed by atoms with E-state index in [1.165, 1.54) is 23.2 Å². The Hall–Kier alpha value is -1.07. The molecule has 5 heteroatoms. The van der Waals surface area contributed by atoms with Crippen molar-refractivity contribution in [3.8, 4) is 0 Å². The number of nitrogens with two attached hydrogens (primary N) is 1. The second-order valence-electron chi connectivity index (χ2n) is 5.79. The number of rotatable bonds is 4. The maximum Gasteiger partial charge on any atom is 0.0767 e. The predicted octanol–water partition coefficient (Wildman–Crippen LogP) is 3.41. The Morgan fingerprint density at radius 2 is 2.19 bits per heavy atom. The molecule has 1 unspecified atom stereocenters. The van der Waals surface area contributed by atoms with Crippen LogP contribution in [0, 0.1) is 0 Å². The van der Waals surface area contributed by atoms with Crippen LogP contribution in [0.3, 0.4) is 0 Å². The molecule has 0 saturated carbocycles. The predicted molar refractivity (Wildman–Crippen MR) is 88.4 cm³/mol. The second kappa shape index (κ2) is 5.97. The quantitative estimate of drug-likeness (QED) is 0.918. The van der Waals surface area contributed by atoms with E-state index < -0.39 is 0 Å².